The second-order valence-electron chi connectivity index (χ2n) is 7.01. The summed E-state index contributed by atoms with van der Waals surface area (Å²) in [5, 5.41) is 0.608. The van der Waals surface area contributed by atoms with E-state index in [0.717, 1.165) is 30.4 Å². The molecule has 1 saturated carbocycles. The molecule has 0 saturated heterocycles. The highest BCUT2D eigenvalue weighted by atomic mass is 19.3. The quantitative estimate of drug-likeness (QED) is 0.503. The van der Waals surface area contributed by atoms with Crippen LogP contribution >= 0.6 is 0 Å². The molecule has 1 fully saturated rings. The fraction of sp³-hybridized carbons (Fsp3) is 0.429. The van der Waals surface area contributed by atoms with Crippen molar-refractivity contribution in [1.29, 1.82) is 0 Å². The number of hydrogen-bond donors (Lipinski definition) is 0. The van der Waals surface area contributed by atoms with Gasteiger partial charge in [-0.2, -0.15) is 8.78 Å². The molecule has 4 heteroatoms. The summed E-state index contributed by atoms with van der Waals surface area (Å²) in [4.78, 5) is 0. The molecule has 0 bridgehead atoms. The highest BCUT2D eigenvalue weighted by Gasteiger charge is 2.22. The van der Waals surface area contributed by atoms with E-state index in [4.69, 9.17) is 0 Å². The van der Waals surface area contributed by atoms with Crippen molar-refractivity contribution < 1.29 is 17.6 Å². The van der Waals surface area contributed by atoms with E-state index in [2.05, 4.69) is 6.92 Å². The molecule has 0 nitrogen and oxygen atoms in total. The van der Waals surface area contributed by atoms with Crippen molar-refractivity contribution in [3.63, 3.8) is 0 Å². The molecule has 0 aromatic heterocycles. The maximum absolute atomic E-state index is 14.4. The van der Waals surface area contributed by atoms with Crippen molar-refractivity contribution in [2.45, 2.75) is 51.4 Å². The van der Waals surface area contributed by atoms with Gasteiger partial charge in [-0.15, -0.1) is 0 Å². The van der Waals surface area contributed by atoms with Crippen LogP contribution in [0.2, 0.25) is 0 Å². The maximum atomic E-state index is 14.4. The van der Waals surface area contributed by atoms with Gasteiger partial charge in [0.15, 0.2) is 0 Å². The molecule has 25 heavy (non-hydrogen) atoms. The van der Waals surface area contributed by atoms with Crippen LogP contribution in [-0.2, 0) is 0 Å². The van der Waals surface area contributed by atoms with E-state index in [9.17, 15) is 17.6 Å². The normalized spacial score (nSPS) is 20.7. The maximum Gasteiger partial charge on any atom is 0.271 e. The predicted molar refractivity (Wildman–Crippen MR) is 93.7 cm³/mol. The SMILES string of the molecule is CCCC1CCC(c2ccc3c(F)c(C=C(F)F)c(F)cc3c2)CC1. The van der Waals surface area contributed by atoms with Crippen molar-refractivity contribution in [2.24, 2.45) is 5.92 Å². The van der Waals surface area contributed by atoms with E-state index in [0.29, 0.717) is 11.3 Å². The highest BCUT2D eigenvalue weighted by molar-refractivity contribution is 5.86. The van der Waals surface area contributed by atoms with Crippen LogP contribution in [0.4, 0.5) is 17.6 Å². The highest BCUT2D eigenvalue weighted by Crippen LogP contribution is 2.39. The van der Waals surface area contributed by atoms with Crippen molar-refractivity contribution in [3.05, 3.63) is 53.1 Å². The third-order valence-corrected chi connectivity index (χ3v) is 5.36. The third kappa shape index (κ3) is 3.88. The van der Waals surface area contributed by atoms with E-state index in [1.165, 1.54) is 25.7 Å². The molecule has 1 aliphatic rings. The number of halogens is 4. The second-order valence-corrected chi connectivity index (χ2v) is 7.01. The number of fused-ring (bicyclic) bond motifs is 1. The summed E-state index contributed by atoms with van der Waals surface area (Å²) in [6, 6.07) is 6.41. The van der Waals surface area contributed by atoms with Gasteiger partial charge in [0.2, 0.25) is 0 Å². The average Bonchev–Trinajstić information content (AvgIpc) is 2.59. The third-order valence-electron chi connectivity index (χ3n) is 5.36. The van der Waals surface area contributed by atoms with E-state index in [1.807, 2.05) is 12.1 Å². The van der Waals surface area contributed by atoms with Gasteiger partial charge < -0.3 is 0 Å². The van der Waals surface area contributed by atoms with Crippen LogP contribution in [0.5, 0.6) is 0 Å². The summed E-state index contributed by atoms with van der Waals surface area (Å²) in [5.41, 5.74) is 0.404. The van der Waals surface area contributed by atoms with Crippen LogP contribution < -0.4 is 0 Å². The van der Waals surface area contributed by atoms with Gasteiger partial charge in [-0.25, -0.2) is 8.78 Å². The predicted octanol–water partition coefficient (Wildman–Crippen LogP) is 7.43. The summed E-state index contributed by atoms with van der Waals surface area (Å²) in [5.74, 6) is -0.685. The van der Waals surface area contributed by atoms with E-state index in [1.54, 1.807) is 6.07 Å². The molecule has 0 N–H and O–H groups in total. The van der Waals surface area contributed by atoms with E-state index in [-0.39, 0.29) is 11.5 Å². The summed E-state index contributed by atoms with van der Waals surface area (Å²) in [6.45, 7) is 2.21. The minimum atomic E-state index is -2.11. The Hall–Kier alpha value is -1.84. The van der Waals surface area contributed by atoms with E-state index >= 15 is 0 Å². The molecule has 2 aromatic rings. The van der Waals surface area contributed by atoms with Crippen molar-refractivity contribution >= 4 is 16.8 Å². The molecule has 0 unspecified atom stereocenters. The van der Waals surface area contributed by atoms with Gasteiger partial charge in [0.1, 0.15) is 11.6 Å². The summed E-state index contributed by atoms with van der Waals surface area (Å²) >= 11 is 0. The monoisotopic (exact) mass is 350 g/mol. The average molecular weight is 350 g/mol. The topological polar surface area (TPSA) is 0 Å². The Bertz CT molecular complexity index is 782. The fourth-order valence-corrected chi connectivity index (χ4v) is 4.05. The van der Waals surface area contributed by atoms with Crippen molar-refractivity contribution in [2.75, 3.05) is 0 Å². The first kappa shape index (κ1) is 18.0. The molecule has 0 radical (unpaired) electrons. The molecule has 0 spiro atoms. The molecule has 0 aliphatic heterocycles. The lowest BCUT2D eigenvalue weighted by atomic mass is 9.77. The minimum Gasteiger partial charge on any atom is -0.206 e. The molecule has 2 aromatic carbocycles. The number of rotatable bonds is 4. The smallest absolute Gasteiger partial charge is 0.206 e. The lowest BCUT2D eigenvalue weighted by Gasteiger charge is -2.28. The molecule has 3 rings (SSSR count). The molecule has 134 valence electrons. The zero-order chi connectivity index (χ0) is 18.0. The van der Waals surface area contributed by atoms with Gasteiger partial charge in [-0.1, -0.05) is 38.0 Å². The summed E-state index contributed by atoms with van der Waals surface area (Å²) < 4.78 is 53.2. The molecule has 0 amide bonds. The Morgan fingerprint density at radius 1 is 1.08 bits per heavy atom. The lowest BCUT2D eigenvalue weighted by Crippen LogP contribution is -2.13. The van der Waals surface area contributed by atoms with Crippen LogP contribution in [-0.4, -0.2) is 0 Å². The van der Waals surface area contributed by atoms with Gasteiger partial charge in [0, 0.05) is 11.5 Å². The minimum absolute atomic E-state index is 0.178. The molecular formula is C21H22F4. The van der Waals surface area contributed by atoms with Gasteiger partial charge in [0.05, 0.1) is 5.56 Å². The van der Waals surface area contributed by atoms with Crippen LogP contribution in [0, 0.1) is 17.6 Å². The fourth-order valence-electron chi connectivity index (χ4n) is 4.05. The Labute approximate surface area is 145 Å². The van der Waals surface area contributed by atoms with Crippen LogP contribution in [0.25, 0.3) is 16.8 Å². The first-order valence-corrected chi connectivity index (χ1v) is 8.94. The Balaban J connectivity index is 1.90. The zero-order valence-electron chi connectivity index (χ0n) is 14.3. The number of hydrogen-bond acceptors (Lipinski definition) is 0. The number of benzene rings is 2. The second kappa shape index (κ2) is 7.59. The largest absolute Gasteiger partial charge is 0.271 e. The van der Waals surface area contributed by atoms with Gasteiger partial charge in [-0.3, -0.25) is 0 Å². The summed E-state index contributed by atoms with van der Waals surface area (Å²) in [6.07, 6.45) is 5.18. The standard InChI is InChI=1S/C21H22F4/c1-2-3-13-4-6-14(7-5-13)15-8-9-17-16(10-15)11-19(22)18(21(17)25)12-20(23)24/h8-14H,2-7H2,1H3. The molecular weight excluding hydrogens is 328 g/mol. The van der Waals surface area contributed by atoms with Gasteiger partial charge in [0.25, 0.3) is 6.08 Å². The van der Waals surface area contributed by atoms with Crippen LogP contribution in [0.1, 0.15) is 62.5 Å². The van der Waals surface area contributed by atoms with Gasteiger partial charge in [-0.05, 0) is 54.5 Å². The molecule has 1 aliphatic carbocycles. The molecule has 0 atom stereocenters. The van der Waals surface area contributed by atoms with E-state index < -0.39 is 23.3 Å². The van der Waals surface area contributed by atoms with Gasteiger partial charge >= 0.3 is 0 Å². The Morgan fingerprint density at radius 2 is 1.80 bits per heavy atom. The lowest BCUT2D eigenvalue weighted by molar-refractivity contribution is 0.308. The van der Waals surface area contributed by atoms with Crippen LogP contribution in [0.15, 0.2) is 30.3 Å². The first-order valence-electron chi connectivity index (χ1n) is 8.94. The first-order chi connectivity index (χ1) is 12.0. The van der Waals surface area contributed by atoms with Crippen LogP contribution in [0.3, 0.4) is 0 Å². The summed E-state index contributed by atoms with van der Waals surface area (Å²) in [7, 11) is 0. The van der Waals surface area contributed by atoms with Crippen molar-refractivity contribution in [3.8, 4) is 0 Å². The Morgan fingerprint density at radius 3 is 2.44 bits per heavy atom. The Kier molecular flexibility index (Phi) is 5.45. The van der Waals surface area contributed by atoms with Crippen molar-refractivity contribution in [1.82, 2.24) is 0 Å². The molecule has 0 heterocycles. The zero-order valence-corrected chi connectivity index (χ0v) is 14.3.